The SMILES string of the molecule is COc1cccc(/C=N\NC(=O)COc2ccccc2Cl)c1OCc1ccc(Br)cc1. The maximum atomic E-state index is 12.0. The van der Waals surface area contributed by atoms with Crippen LogP contribution in [0.25, 0.3) is 0 Å². The van der Waals surface area contributed by atoms with E-state index in [0.29, 0.717) is 34.4 Å². The van der Waals surface area contributed by atoms with Crippen LogP contribution in [-0.2, 0) is 11.4 Å². The van der Waals surface area contributed by atoms with Crippen LogP contribution in [0.3, 0.4) is 0 Å². The largest absolute Gasteiger partial charge is 0.493 e. The molecule has 0 bridgehead atoms. The Bertz CT molecular complexity index is 1060. The van der Waals surface area contributed by atoms with Crippen LogP contribution in [0, 0.1) is 0 Å². The smallest absolute Gasteiger partial charge is 0.277 e. The van der Waals surface area contributed by atoms with Gasteiger partial charge in [0.1, 0.15) is 12.4 Å². The molecule has 0 unspecified atom stereocenters. The normalized spacial score (nSPS) is 10.7. The molecule has 0 saturated heterocycles. The third-order valence-electron chi connectivity index (χ3n) is 4.11. The van der Waals surface area contributed by atoms with Gasteiger partial charge in [0, 0.05) is 10.0 Å². The molecule has 1 amide bonds. The fourth-order valence-corrected chi connectivity index (χ4v) is 3.05. The lowest BCUT2D eigenvalue weighted by Gasteiger charge is -2.13. The van der Waals surface area contributed by atoms with E-state index < -0.39 is 5.91 Å². The van der Waals surface area contributed by atoms with Gasteiger partial charge in [0.05, 0.1) is 18.3 Å². The van der Waals surface area contributed by atoms with E-state index in [1.807, 2.05) is 36.4 Å². The lowest BCUT2D eigenvalue weighted by Crippen LogP contribution is -2.24. The van der Waals surface area contributed by atoms with Gasteiger partial charge in [-0.15, -0.1) is 0 Å². The molecule has 0 fully saturated rings. The number of para-hydroxylation sites is 2. The van der Waals surface area contributed by atoms with E-state index in [-0.39, 0.29) is 6.61 Å². The van der Waals surface area contributed by atoms with Gasteiger partial charge in [-0.2, -0.15) is 5.10 Å². The maximum Gasteiger partial charge on any atom is 0.277 e. The Kier molecular flexibility index (Phi) is 8.32. The van der Waals surface area contributed by atoms with Gasteiger partial charge in [-0.1, -0.05) is 57.9 Å². The second kappa shape index (κ2) is 11.4. The average molecular weight is 504 g/mol. The molecule has 8 heteroatoms. The lowest BCUT2D eigenvalue weighted by molar-refractivity contribution is -0.123. The van der Waals surface area contributed by atoms with E-state index in [2.05, 4.69) is 26.5 Å². The number of halogens is 2. The Labute approximate surface area is 193 Å². The van der Waals surface area contributed by atoms with Crippen LogP contribution in [0.1, 0.15) is 11.1 Å². The quantitative estimate of drug-likeness (QED) is 0.321. The predicted octanol–water partition coefficient (Wildman–Crippen LogP) is 5.22. The molecule has 0 aliphatic carbocycles. The van der Waals surface area contributed by atoms with Crippen LogP contribution in [0.2, 0.25) is 5.02 Å². The average Bonchev–Trinajstić information content (AvgIpc) is 2.78. The van der Waals surface area contributed by atoms with Crippen molar-refractivity contribution in [3.8, 4) is 17.2 Å². The molecule has 0 saturated carbocycles. The van der Waals surface area contributed by atoms with Crippen molar-refractivity contribution in [3.63, 3.8) is 0 Å². The minimum absolute atomic E-state index is 0.216. The molecule has 0 aromatic heterocycles. The van der Waals surface area contributed by atoms with Gasteiger partial charge in [0.15, 0.2) is 18.1 Å². The van der Waals surface area contributed by atoms with Crippen LogP contribution in [0.4, 0.5) is 0 Å². The van der Waals surface area contributed by atoms with E-state index in [9.17, 15) is 4.79 Å². The molecule has 3 aromatic rings. The van der Waals surface area contributed by atoms with Crippen molar-refractivity contribution >= 4 is 39.7 Å². The van der Waals surface area contributed by atoms with Crippen LogP contribution in [0.15, 0.2) is 76.3 Å². The number of benzene rings is 3. The van der Waals surface area contributed by atoms with E-state index in [1.165, 1.54) is 6.21 Å². The van der Waals surface area contributed by atoms with Gasteiger partial charge >= 0.3 is 0 Å². The Balaban J connectivity index is 1.62. The van der Waals surface area contributed by atoms with Crippen molar-refractivity contribution in [2.45, 2.75) is 6.61 Å². The van der Waals surface area contributed by atoms with Gasteiger partial charge < -0.3 is 14.2 Å². The third-order valence-corrected chi connectivity index (χ3v) is 4.95. The summed E-state index contributed by atoms with van der Waals surface area (Å²) >= 11 is 9.42. The minimum atomic E-state index is -0.420. The molecular formula is C23H20BrClN2O4. The lowest BCUT2D eigenvalue weighted by atomic mass is 10.2. The zero-order valence-corrected chi connectivity index (χ0v) is 19.0. The van der Waals surface area contributed by atoms with Crippen LogP contribution in [-0.4, -0.2) is 25.8 Å². The number of hydrogen-bond acceptors (Lipinski definition) is 5. The van der Waals surface area contributed by atoms with Crippen LogP contribution in [0.5, 0.6) is 17.2 Å². The number of hydrogen-bond donors (Lipinski definition) is 1. The number of nitrogens with zero attached hydrogens (tertiary/aromatic N) is 1. The van der Waals surface area contributed by atoms with Crippen molar-refractivity contribution in [2.75, 3.05) is 13.7 Å². The fraction of sp³-hybridized carbons (Fsp3) is 0.130. The molecule has 0 atom stereocenters. The van der Waals surface area contributed by atoms with Gasteiger partial charge in [0.25, 0.3) is 5.91 Å². The van der Waals surface area contributed by atoms with Crippen molar-refractivity contribution in [2.24, 2.45) is 5.10 Å². The highest BCUT2D eigenvalue weighted by molar-refractivity contribution is 9.10. The summed E-state index contributed by atoms with van der Waals surface area (Å²) in [4.78, 5) is 12.0. The first kappa shape index (κ1) is 22.7. The first-order chi connectivity index (χ1) is 15.1. The van der Waals surface area contributed by atoms with E-state index in [0.717, 1.165) is 10.0 Å². The number of carbonyl (C=O) groups excluding carboxylic acids is 1. The Hall–Kier alpha value is -3.03. The number of carbonyl (C=O) groups is 1. The van der Waals surface area contributed by atoms with Crippen LogP contribution >= 0.6 is 27.5 Å². The van der Waals surface area contributed by atoms with Gasteiger partial charge in [-0.3, -0.25) is 4.79 Å². The predicted molar refractivity (Wildman–Crippen MR) is 124 cm³/mol. The summed E-state index contributed by atoms with van der Waals surface area (Å²) in [6.07, 6.45) is 1.49. The highest BCUT2D eigenvalue weighted by atomic mass is 79.9. The second-order valence-electron chi connectivity index (χ2n) is 6.31. The summed E-state index contributed by atoms with van der Waals surface area (Å²) in [5, 5.41) is 4.43. The van der Waals surface area contributed by atoms with Crippen molar-refractivity contribution < 1.29 is 19.0 Å². The summed E-state index contributed by atoms with van der Waals surface area (Å²) in [6.45, 7) is 0.138. The molecular weight excluding hydrogens is 484 g/mol. The summed E-state index contributed by atoms with van der Waals surface area (Å²) in [5.41, 5.74) is 4.08. The molecule has 0 aliphatic rings. The number of amides is 1. The Morgan fingerprint density at radius 1 is 1.03 bits per heavy atom. The number of rotatable bonds is 9. The highest BCUT2D eigenvalue weighted by Gasteiger charge is 2.10. The minimum Gasteiger partial charge on any atom is -0.493 e. The zero-order chi connectivity index (χ0) is 22.1. The zero-order valence-electron chi connectivity index (χ0n) is 16.7. The molecule has 1 N–H and O–H groups in total. The topological polar surface area (TPSA) is 69.2 Å². The molecule has 6 nitrogen and oxygen atoms in total. The molecule has 3 rings (SSSR count). The standard InChI is InChI=1S/C23H20BrClN2O4/c1-29-21-8-4-5-17(23(21)31-14-16-9-11-18(24)12-10-16)13-26-27-22(28)15-30-20-7-3-2-6-19(20)25/h2-13H,14-15H2,1H3,(H,27,28)/b26-13-. The van der Waals surface area contributed by atoms with Crippen LogP contribution < -0.4 is 19.6 Å². The third kappa shape index (κ3) is 6.73. The maximum absolute atomic E-state index is 12.0. The summed E-state index contributed by atoms with van der Waals surface area (Å²) in [6, 6.07) is 20.2. The molecule has 0 heterocycles. The van der Waals surface area contributed by atoms with Crippen molar-refractivity contribution in [1.29, 1.82) is 0 Å². The number of hydrazone groups is 1. The van der Waals surface area contributed by atoms with E-state index in [1.54, 1.807) is 37.4 Å². The number of methoxy groups -OCH3 is 1. The molecule has 160 valence electrons. The summed E-state index contributed by atoms with van der Waals surface area (Å²) in [5.74, 6) is 1.10. The molecule has 31 heavy (non-hydrogen) atoms. The van der Waals surface area contributed by atoms with Gasteiger partial charge in [-0.05, 0) is 42.0 Å². The van der Waals surface area contributed by atoms with Crippen molar-refractivity contribution in [1.82, 2.24) is 5.43 Å². The van der Waals surface area contributed by atoms with Gasteiger partial charge in [-0.25, -0.2) is 5.43 Å². The fourth-order valence-electron chi connectivity index (χ4n) is 2.60. The summed E-state index contributed by atoms with van der Waals surface area (Å²) < 4.78 is 17.8. The van der Waals surface area contributed by atoms with E-state index >= 15 is 0 Å². The first-order valence-corrected chi connectivity index (χ1v) is 10.5. The van der Waals surface area contributed by atoms with Crippen molar-refractivity contribution in [3.05, 3.63) is 87.4 Å². The van der Waals surface area contributed by atoms with Gasteiger partial charge in [0.2, 0.25) is 0 Å². The Morgan fingerprint density at radius 2 is 1.77 bits per heavy atom. The van der Waals surface area contributed by atoms with E-state index in [4.69, 9.17) is 25.8 Å². The monoisotopic (exact) mass is 502 g/mol. The number of ether oxygens (including phenoxy) is 3. The molecule has 0 radical (unpaired) electrons. The molecule has 0 spiro atoms. The molecule has 3 aromatic carbocycles. The second-order valence-corrected chi connectivity index (χ2v) is 7.63. The first-order valence-electron chi connectivity index (χ1n) is 9.30. The summed E-state index contributed by atoms with van der Waals surface area (Å²) in [7, 11) is 1.57. The molecule has 0 aliphatic heterocycles. The Morgan fingerprint density at radius 3 is 2.52 bits per heavy atom. The highest BCUT2D eigenvalue weighted by Crippen LogP contribution is 2.31. The number of nitrogens with one attached hydrogen (secondary N) is 1.